The number of benzene rings is 2. The lowest BCUT2D eigenvalue weighted by molar-refractivity contribution is -0.130. The maximum atomic E-state index is 10.4. The number of carboxylic acid groups (broad SMARTS) is 1. The van der Waals surface area contributed by atoms with E-state index in [1.54, 1.807) is 36.4 Å². The second-order valence-corrected chi connectivity index (χ2v) is 9.22. The molecule has 216 valence electrons. The molecule has 0 radical (unpaired) electrons. The number of carbonyl (C=O) groups is 2. The molecule has 0 bridgehead atoms. The van der Waals surface area contributed by atoms with Crippen LogP contribution in [0.5, 0.6) is 0 Å². The maximum absolute atomic E-state index is 10.4. The fourth-order valence-corrected chi connectivity index (χ4v) is 3.21. The lowest BCUT2D eigenvalue weighted by Crippen LogP contribution is -1.88. The molecule has 0 amide bonds. The zero-order valence-corrected chi connectivity index (χ0v) is 25.2. The van der Waals surface area contributed by atoms with Crippen LogP contribution in [-0.4, -0.2) is 37.8 Å². The van der Waals surface area contributed by atoms with E-state index in [0.717, 1.165) is 5.56 Å². The molecule has 0 spiro atoms. The van der Waals surface area contributed by atoms with Gasteiger partial charge in [-0.2, -0.15) is 0 Å². The van der Waals surface area contributed by atoms with Gasteiger partial charge in [0.25, 0.3) is 0 Å². The normalized spacial score (nSPS) is 9.40. The Morgan fingerprint density at radius 3 is 1.64 bits per heavy atom. The van der Waals surface area contributed by atoms with Gasteiger partial charge in [0.1, 0.15) is 0 Å². The highest BCUT2D eigenvalue weighted by atomic mass is 35.5. The highest BCUT2D eigenvalue weighted by molar-refractivity contribution is 6.32. The Balaban J connectivity index is 0.000000254. The van der Waals surface area contributed by atoms with Crippen LogP contribution >= 0.6 is 23.2 Å². The van der Waals surface area contributed by atoms with Gasteiger partial charge in [0, 0.05) is 41.0 Å². The van der Waals surface area contributed by atoms with Gasteiger partial charge in [-0.05, 0) is 63.1 Å². The van der Waals surface area contributed by atoms with Crippen molar-refractivity contribution in [2.24, 2.45) is 0 Å². The second-order valence-electron chi connectivity index (χ2n) is 8.41. The number of aliphatic carboxylic acids is 1. The summed E-state index contributed by atoms with van der Waals surface area (Å²) >= 11 is 12.1. The van der Waals surface area contributed by atoms with Crippen LogP contribution in [0.3, 0.4) is 0 Å². The molecule has 0 unspecified atom stereocenters. The maximum Gasteiger partial charge on any atom is 0.382 e. The van der Waals surface area contributed by atoms with Gasteiger partial charge in [-0.25, -0.2) is 4.79 Å². The molecule has 0 saturated carbocycles. The van der Waals surface area contributed by atoms with E-state index in [4.69, 9.17) is 37.1 Å². The summed E-state index contributed by atoms with van der Waals surface area (Å²) in [5.74, 6) is 10.1. The van der Waals surface area contributed by atoms with E-state index in [1.165, 1.54) is 5.57 Å². The second kappa shape index (κ2) is 17.2. The molecule has 2 aromatic carbocycles. The standard InChI is InChI=1S/C13H9ClN2O3.C13H9ClN2O2.C5H10/c1-2-11-15-16-13(19-11)9-4-3-8(10(14)7-9)5-6-12(17)18;1-2-12-15-16-13(18-12)10-6-5-9(4-3-7-17)11(14)8-10;1-4-5(2)3/h3-4,7H,2H2,1H3,(H,17,18);5-8H,2H2,1H3;4H,1-3H3. The lowest BCUT2D eigenvalue weighted by atomic mass is 10.1. The molecule has 0 saturated heterocycles. The van der Waals surface area contributed by atoms with E-state index in [0.29, 0.717) is 69.4 Å². The van der Waals surface area contributed by atoms with Gasteiger partial charge in [0.2, 0.25) is 23.6 Å². The monoisotopic (exact) mass is 606 g/mol. The average molecular weight is 607 g/mol. The molecule has 2 heterocycles. The van der Waals surface area contributed by atoms with Gasteiger partial charge in [-0.15, -0.1) is 20.4 Å². The van der Waals surface area contributed by atoms with Gasteiger partial charge in [0.05, 0.1) is 10.0 Å². The molecular formula is C31H28Cl2N4O5. The van der Waals surface area contributed by atoms with Crippen LogP contribution in [0.25, 0.3) is 22.9 Å². The lowest BCUT2D eigenvalue weighted by Gasteiger charge is -1.98. The van der Waals surface area contributed by atoms with Crippen molar-refractivity contribution >= 4 is 35.5 Å². The van der Waals surface area contributed by atoms with Crippen molar-refractivity contribution in [1.29, 1.82) is 0 Å². The Labute approximate surface area is 254 Å². The van der Waals surface area contributed by atoms with Gasteiger partial charge in [0.15, 0.2) is 6.29 Å². The highest BCUT2D eigenvalue weighted by Gasteiger charge is 2.10. The summed E-state index contributed by atoms with van der Waals surface area (Å²) < 4.78 is 10.8. The van der Waals surface area contributed by atoms with E-state index in [1.807, 2.05) is 26.7 Å². The molecule has 4 rings (SSSR count). The Bertz CT molecular complexity index is 1680. The molecule has 11 heteroatoms. The first-order valence-corrected chi connectivity index (χ1v) is 13.4. The van der Waals surface area contributed by atoms with Crippen molar-refractivity contribution in [3.63, 3.8) is 0 Å². The Morgan fingerprint density at radius 1 is 0.857 bits per heavy atom. The van der Waals surface area contributed by atoms with E-state index in [9.17, 15) is 9.59 Å². The molecule has 42 heavy (non-hydrogen) atoms. The van der Waals surface area contributed by atoms with Gasteiger partial charge in [-0.3, -0.25) is 4.79 Å². The number of halogens is 2. The Kier molecular flexibility index (Phi) is 13.7. The van der Waals surface area contributed by atoms with Crippen molar-refractivity contribution in [1.82, 2.24) is 20.4 Å². The number of allylic oxidation sites excluding steroid dienone is 2. The fourth-order valence-electron chi connectivity index (χ4n) is 2.75. The van der Waals surface area contributed by atoms with E-state index in [-0.39, 0.29) is 0 Å². The van der Waals surface area contributed by atoms with Crippen LogP contribution in [0.4, 0.5) is 0 Å². The summed E-state index contributed by atoms with van der Waals surface area (Å²) in [4.78, 5) is 20.5. The highest BCUT2D eigenvalue weighted by Crippen LogP contribution is 2.25. The minimum Gasteiger partial charge on any atom is -0.472 e. The third-order valence-corrected chi connectivity index (χ3v) is 5.74. The number of nitrogens with zero attached hydrogens (tertiary/aromatic N) is 4. The summed E-state index contributed by atoms with van der Waals surface area (Å²) in [6.45, 7) is 10.0. The average Bonchev–Trinajstić information content (AvgIpc) is 3.67. The van der Waals surface area contributed by atoms with Gasteiger partial charge < -0.3 is 13.9 Å². The van der Waals surface area contributed by atoms with Crippen molar-refractivity contribution in [3.05, 3.63) is 81.0 Å². The zero-order valence-electron chi connectivity index (χ0n) is 23.7. The van der Waals surface area contributed by atoms with Crippen LogP contribution < -0.4 is 0 Å². The predicted octanol–water partition coefficient (Wildman–Crippen LogP) is 6.86. The fraction of sp³-hybridized carbons (Fsp3) is 0.226. The first-order chi connectivity index (χ1) is 20.1. The molecule has 4 aromatic rings. The summed E-state index contributed by atoms with van der Waals surface area (Å²) in [6, 6.07) is 10.1. The van der Waals surface area contributed by atoms with Crippen molar-refractivity contribution in [2.45, 2.75) is 47.5 Å². The quantitative estimate of drug-likeness (QED) is 0.150. The predicted molar refractivity (Wildman–Crippen MR) is 161 cm³/mol. The molecule has 1 N–H and O–H groups in total. The SMILES string of the molecule is CC=C(C)C.CCc1nnc(-c2ccc(C#CC(=O)O)c(Cl)c2)o1.CCc1nnc(-c2ccc(C#CC=O)c(Cl)c2)o1. The number of hydrogen-bond donors (Lipinski definition) is 1. The molecule has 9 nitrogen and oxygen atoms in total. The van der Waals surface area contributed by atoms with Crippen LogP contribution in [0, 0.1) is 23.7 Å². The minimum atomic E-state index is -1.20. The Hall–Kier alpha value is -4.70. The van der Waals surface area contributed by atoms with E-state index >= 15 is 0 Å². The van der Waals surface area contributed by atoms with Crippen LogP contribution in [0.1, 0.15) is 57.5 Å². The summed E-state index contributed by atoms with van der Waals surface area (Å²) in [5.41, 5.74) is 3.79. The van der Waals surface area contributed by atoms with Gasteiger partial charge in [-0.1, -0.05) is 60.5 Å². The molecule has 0 aliphatic carbocycles. The molecule has 0 fully saturated rings. The molecule has 0 atom stereocenters. The Morgan fingerprint density at radius 2 is 1.31 bits per heavy atom. The molecular weight excluding hydrogens is 579 g/mol. The smallest absolute Gasteiger partial charge is 0.382 e. The molecule has 0 aliphatic heterocycles. The third-order valence-electron chi connectivity index (χ3n) is 5.12. The largest absolute Gasteiger partial charge is 0.472 e. The van der Waals surface area contributed by atoms with E-state index in [2.05, 4.69) is 58.1 Å². The van der Waals surface area contributed by atoms with Crippen molar-refractivity contribution < 1.29 is 23.5 Å². The summed E-state index contributed by atoms with van der Waals surface area (Å²) in [7, 11) is 0. The van der Waals surface area contributed by atoms with Crippen molar-refractivity contribution in [3.8, 4) is 46.6 Å². The zero-order chi connectivity index (χ0) is 31.1. The first-order valence-electron chi connectivity index (χ1n) is 12.7. The number of rotatable bonds is 4. The van der Waals surface area contributed by atoms with Crippen molar-refractivity contribution in [2.75, 3.05) is 0 Å². The van der Waals surface area contributed by atoms with Crippen LogP contribution in [0.15, 0.2) is 56.9 Å². The summed E-state index contributed by atoms with van der Waals surface area (Å²) in [5, 5.41) is 24.8. The third kappa shape index (κ3) is 10.7. The summed E-state index contributed by atoms with van der Waals surface area (Å²) in [6.07, 6.45) is 3.95. The topological polar surface area (TPSA) is 132 Å². The molecule has 2 aromatic heterocycles. The van der Waals surface area contributed by atoms with Crippen LogP contribution in [-0.2, 0) is 22.4 Å². The van der Waals surface area contributed by atoms with E-state index < -0.39 is 5.97 Å². The van der Waals surface area contributed by atoms with Crippen LogP contribution in [0.2, 0.25) is 10.0 Å². The van der Waals surface area contributed by atoms with Gasteiger partial charge >= 0.3 is 5.97 Å². The number of aromatic nitrogens is 4. The number of hydrogen-bond acceptors (Lipinski definition) is 8. The minimum absolute atomic E-state index is 0.336. The number of aldehydes is 1. The number of aryl methyl sites for hydroxylation is 2. The number of carboxylic acids is 1. The molecule has 0 aliphatic rings. The number of carbonyl (C=O) groups excluding carboxylic acids is 1. The first kappa shape index (κ1) is 33.5.